The minimum absolute atomic E-state index is 0.177. The van der Waals surface area contributed by atoms with Crippen LogP contribution in [0.25, 0.3) is 0 Å². The number of halogens is 3. The first-order chi connectivity index (χ1) is 6.32. The number of rotatable bonds is 1. The molecule has 1 aliphatic heterocycles. The Kier molecular flexibility index (Phi) is 2.68. The third-order valence-corrected chi connectivity index (χ3v) is 2.07. The first-order valence-electron chi connectivity index (χ1n) is 3.91. The first-order valence-corrected chi connectivity index (χ1v) is 3.91. The Morgan fingerprint density at radius 3 is 2.50 bits per heavy atom. The molecule has 80 valence electrons. The van der Waals surface area contributed by atoms with Gasteiger partial charge in [-0.05, 0) is 6.42 Å². The van der Waals surface area contributed by atoms with Crippen LogP contribution in [0.15, 0.2) is 0 Å². The van der Waals surface area contributed by atoms with Gasteiger partial charge in [0.15, 0.2) is 0 Å². The van der Waals surface area contributed by atoms with Crippen LogP contribution in [0.2, 0.25) is 0 Å². The summed E-state index contributed by atoms with van der Waals surface area (Å²) in [5, 5.41) is 10.1. The van der Waals surface area contributed by atoms with Crippen molar-refractivity contribution in [3.63, 3.8) is 0 Å². The van der Waals surface area contributed by atoms with Crippen molar-refractivity contribution in [2.24, 2.45) is 5.92 Å². The topological polar surface area (TPSA) is 66.4 Å². The number of carboxylic acids is 1. The molecule has 0 aromatic carbocycles. The van der Waals surface area contributed by atoms with E-state index in [0.29, 0.717) is 0 Å². The summed E-state index contributed by atoms with van der Waals surface area (Å²) in [5.41, 5.74) is 0. The smallest absolute Gasteiger partial charge is 0.409 e. The van der Waals surface area contributed by atoms with Gasteiger partial charge in [-0.3, -0.25) is 9.59 Å². The third-order valence-electron chi connectivity index (χ3n) is 2.07. The second kappa shape index (κ2) is 3.47. The number of hydrogen-bond donors (Lipinski definition) is 2. The molecule has 2 unspecified atom stereocenters. The fourth-order valence-corrected chi connectivity index (χ4v) is 1.38. The van der Waals surface area contributed by atoms with Crippen LogP contribution in [0.4, 0.5) is 13.2 Å². The summed E-state index contributed by atoms with van der Waals surface area (Å²) in [6.45, 7) is 0. The van der Waals surface area contributed by atoms with Gasteiger partial charge in [0.2, 0.25) is 5.91 Å². The fraction of sp³-hybridized carbons (Fsp3) is 0.714. The molecule has 1 aliphatic rings. The molecule has 0 bridgehead atoms. The molecule has 1 amide bonds. The summed E-state index contributed by atoms with van der Waals surface area (Å²) >= 11 is 0. The highest BCUT2D eigenvalue weighted by molar-refractivity contribution is 5.81. The molecule has 1 fully saturated rings. The van der Waals surface area contributed by atoms with Crippen LogP contribution in [-0.2, 0) is 9.59 Å². The average molecular weight is 211 g/mol. The van der Waals surface area contributed by atoms with Crippen molar-refractivity contribution >= 4 is 11.9 Å². The van der Waals surface area contributed by atoms with Crippen molar-refractivity contribution in [2.75, 3.05) is 0 Å². The number of alkyl halides is 3. The SMILES string of the molecule is O=C1CCC(C(=O)O)C(C(F)(F)F)N1. The molecule has 1 rings (SSSR count). The Morgan fingerprint density at radius 1 is 1.50 bits per heavy atom. The quantitative estimate of drug-likeness (QED) is 0.664. The van der Waals surface area contributed by atoms with Crippen LogP contribution in [0, 0.1) is 5.92 Å². The summed E-state index contributed by atoms with van der Waals surface area (Å²) in [6, 6.07) is -2.26. The minimum atomic E-state index is -4.71. The summed E-state index contributed by atoms with van der Waals surface area (Å²) in [7, 11) is 0. The van der Waals surface area contributed by atoms with Gasteiger partial charge in [0.1, 0.15) is 6.04 Å². The Labute approximate surface area is 77.1 Å². The number of carbonyl (C=O) groups is 2. The fourth-order valence-electron chi connectivity index (χ4n) is 1.38. The maximum absolute atomic E-state index is 12.2. The van der Waals surface area contributed by atoms with Gasteiger partial charge >= 0.3 is 12.1 Å². The second-order valence-corrected chi connectivity index (χ2v) is 3.07. The van der Waals surface area contributed by atoms with Crippen molar-refractivity contribution in [1.82, 2.24) is 5.32 Å². The molecular weight excluding hydrogens is 203 g/mol. The standard InChI is InChI=1S/C7H8F3NO3/c8-7(9,10)5-3(6(13)14)1-2-4(12)11-5/h3,5H,1-2H2,(H,11,12)(H,13,14). The number of nitrogens with one attached hydrogen (secondary N) is 1. The van der Waals surface area contributed by atoms with Crippen LogP contribution in [-0.4, -0.2) is 29.2 Å². The van der Waals surface area contributed by atoms with E-state index in [4.69, 9.17) is 5.11 Å². The summed E-state index contributed by atoms with van der Waals surface area (Å²) in [4.78, 5) is 21.2. The van der Waals surface area contributed by atoms with Crippen LogP contribution in [0.3, 0.4) is 0 Å². The first kappa shape index (κ1) is 10.8. The van der Waals surface area contributed by atoms with Gasteiger partial charge in [-0.25, -0.2) is 0 Å². The van der Waals surface area contributed by atoms with Crippen LogP contribution >= 0.6 is 0 Å². The van der Waals surface area contributed by atoms with E-state index >= 15 is 0 Å². The lowest BCUT2D eigenvalue weighted by molar-refractivity contribution is -0.186. The molecule has 1 heterocycles. The number of amides is 1. The van der Waals surface area contributed by atoms with E-state index in [0.717, 1.165) is 0 Å². The van der Waals surface area contributed by atoms with Crippen molar-refractivity contribution in [1.29, 1.82) is 0 Å². The number of piperidine rings is 1. The van der Waals surface area contributed by atoms with Crippen LogP contribution in [0.1, 0.15) is 12.8 Å². The van der Waals surface area contributed by atoms with E-state index in [-0.39, 0.29) is 12.8 Å². The minimum Gasteiger partial charge on any atom is -0.481 e. The number of hydrogen-bond acceptors (Lipinski definition) is 2. The van der Waals surface area contributed by atoms with Gasteiger partial charge in [0, 0.05) is 6.42 Å². The van der Waals surface area contributed by atoms with Crippen molar-refractivity contribution in [2.45, 2.75) is 25.1 Å². The van der Waals surface area contributed by atoms with Gasteiger partial charge in [-0.1, -0.05) is 0 Å². The van der Waals surface area contributed by atoms with E-state index in [1.54, 1.807) is 5.32 Å². The van der Waals surface area contributed by atoms with E-state index < -0.39 is 30.0 Å². The zero-order chi connectivity index (χ0) is 10.9. The van der Waals surface area contributed by atoms with Gasteiger partial charge in [-0.15, -0.1) is 0 Å². The molecular formula is C7H8F3NO3. The molecule has 2 atom stereocenters. The van der Waals surface area contributed by atoms with Crippen LogP contribution in [0.5, 0.6) is 0 Å². The average Bonchev–Trinajstić information content (AvgIpc) is 2.01. The van der Waals surface area contributed by atoms with E-state index in [1.165, 1.54) is 0 Å². The summed E-state index contributed by atoms with van der Waals surface area (Å²) < 4.78 is 36.7. The highest BCUT2D eigenvalue weighted by atomic mass is 19.4. The largest absolute Gasteiger partial charge is 0.481 e. The van der Waals surface area contributed by atoms with E-state index in [2.05, 4.69) is 0 Å². The molecule has 0 saturated carbocycles. The number of carbonyl (C=O) groups excluding carboxylic acids is 1. The molecule has 0 aromatic heterocycles. The lowest BCUT2D eigenvalue weighted by atomic mass is 9.90. The normalized spacial score (nSPS) is 28.4. The van der Waals surface area contributed by atoms with Gasteiger partial charge < -0.3 is 10.4 Å². The van der Waals surface area contributed by atoms with Crippen molar-refractivity contribution in [3.8, 4) is 0 Å². The summed E-state index contributed by atoms with van der Waals surface area (Å²) in [5.74, 6) is -3.87. The zero-order valence-corrected chi connectivity index (χ0v) is 6.97. The van der Waals surface area contributed by atoms with E-state index in [1.807, 2.05) is 0 Å². The highest BCUT2D eigenvalue weighted by Crippen LogP contribution is 2.30. The maximum Gasteiger partial charge on any atom is 0.409 e. The molecule has 0 aliphatic carbocycles. The Bertz CT molecular complexity index is 263. The molecule has 0 radical (unpaired) electrons. The molecule has 0 aromatic rings. The van der Waals surface area contributed by atoms with Gasteiger partial charge in [-0.2, -0.15) is 13.2 Å². The van der Waals surface area contributed by atoms with Gasteiger partial charge in [0.25, 0.3) is 0 Å². The predicted octanol–water partition coefficient (Wildman–Crippen LogP) is 0.528. The monoisotopic (exact) mass is 211 g/mol. The van der Waals surface area contributed by atoms with E-state index in [9.17, 15) is 22.8 Å². The lowest BCUT2D eigenvalue weighted by Gasteiger charge is -2.30. The number of aliphatic carboxylic acids is 1. The Balaban J connectivity index is 2.84. The molecule has 1 saturated heterocycles. The summed E-state index contributed by atoms with van der Waals surface area (Å²) in [6.07, 6.45) is -5.16. The van der Waals surface area contributed by atoms with Gasteiger partial charge in [0.05, 0.1) is 5.92 Å². The lowest BCUT2D eigenvalue weighted by Crippen LogP contribution is -2.55. The highest BCUT2D eigenvalue weighted by Gasteiger charge is 2.50. The van der Waals surface area contributed by atoms with Crippen molar-refractivity contribution in [3.05, 3.63) is 0 Å². The Morgan fingerprint density at radius 2 is 2.07 bits per heavy atom. The predicted molar refractivity (Wildman–Crippen MR) is 38.3 cm³/mol. The number of carboxylic acid groups (broad SMARTS) is 1. The second-order valence-electron chi connectivity index (χ2n) is 3.07. The molecule has 2 N–H and O–H groups in total. The molecule has 4 nitrogen and oxygen atoms in total. The maximum atomic E-state index is 12.2. The molecule has 14 heavy (non-hydrogen) atoms. The van der Waals surface area contributed by atoms with Crippen molar-refractivity contribution < 1.29 is 27.9 Å². The Hall–Kier alpha value is -1.27. The molecule has 0 spiro atoms. The zero-order valence-electron chi connectivity index (χ0n) is 6.97. The molecule has 7 heteroatoms. The van der Waals surface area contributed by atoms with Crippen LogP contribution < -0.4 is 5.32 Å². The third kappa shape index (κ3) is 2.15.